The summed E-state index contributed by atoms with van der Waals surface area (Å²) in [4.78, 5) is 16.4. The van der Waals surface area contributed by atoms with E-state index in [2.05, 4.69) is 27.6 Å². The molecule has 0 aliphatic carbocycles. The number of halogens is 1. The first-order valence-electron chi connectivity index (χ1n) is 7.70. The van der Waals surface area contributed by atoms with Crippen molar-refractivity contribution in [3.63, 3.8) is 0 Å². The molecule has 0 saturated heterocycles. The number of nitrogens with zero attached hydrogens (tertiary/aromatic N) is 1. The highest BCUT2D eigenvalue weighted by atomic mass is 127. The Bertz CT molecular complexity index is 873. The van der Waals surface area contributed by atoms with Crippen LogP contribution in [-0.2, 0) is 9.53 Å². The van der Waals surface area contributed by atoms with Crippen LogP contribution in [0.3, 0.4) is 0 Å². The van der Waals surface area contributed by atoms with Gasteiger partial charge in [0.05, 0.1) is 13.7 Å². The van der Waals surface area contributed by atoms with Crippen LogP contribution in [0, 0.1) is 3.57 Å². The van der Waals surface area contributed by atoms with Crippen molar-refractivity contribution in [3.8, 4) is 11.5 Å². The van der Waals surface area contributed by atoms with Crippen molar-refractivity contribution >= 4 is 40.5 Å². The highest BCUT2D eigenvalue weighted by Gasteiger charge is 2.24. The second-order valence-electron chi connectivity index (χ2n) is 5.19. The number of hydrogen-bond acceptors (Lipinski definition) is 5. The van der Waals surface area contributed by atoms with Crippen LogP contribution in [0.5, 0.6) is 11.5 Å². The molecule has 0 unspecified atom stereocenters. The van der Waals surface area contributed by atoms with Crippen LogP contribution < -0.4 is 9.47 Å². The van der Waals surface area contributed by atoms with E-state index in [4.69, 9.17) is 14.2 Å². The summed E-state index contributed by atoms with van der Waals surface area (Å²) in [6.45, 7) is 2.42. The lowest BCUT2D eigenvalue weighted by molar-refractivity contribution is -0.129. The zero-order valence-electron chi connectivity index (χ0n) is 13.8. The van der Waals surface area contributed by atoms with Gasteiger partial charge in [-0.25, -0.2) is 9.79 Å². The number of methoxy groups -OCH3 is 1. The third-order valence-corrected chi connectivity index (χ3v) is 4.15. The summed E-state index contributed by atoms with van der Waals surface area (Å²) in [5.74, 6) is 1.10. The molecule has 0 bridgehead atoms. The Morgan fingerprint density at radius 1 is 1.20 bits per heavy atom. The van der Waals surface area contributed by atoms with Gasteiger partial charge < -0.3 is 14.2 Å². The van der Waals surface area contributed by atoms with Gasteiger partial charge in [-0.05, 0) is 71.5 Å². The molecule has 0 amide bonds. The largest absolute Gasteiger partial charge is 0.493 e. The number of carbonyl (C=O) groups excluding carboxylic acids is 1. The minimum atomic E-state index is -0.470. The summed E-state index contributed by atoms with van der Waals surface area (Å²) in [6.07, 6.45) is 1.67. The lowest BCUT2D eigenvalue weighted by Gasteiger charge is -2.09. The van der Waals surface area contributed by atoms with E-state index in [1.54, 1.807) is 19.3 Å². The molecule has 0 spiro atoms. The van der Waals surface area contributed by atoms with Crippen molar-refractivity contribution in [1.82, 2.24) is 0 Å². The molecule has 1 heterocycles. The van der Waals surface area contributed by atoms with Gasteiger partial charge in [-0.3, -0.25) is 0 Å². The maximum absolute atomic E-state index is 12.1. The minimum Gasteiger partial charge on any atom is -0.493 e. The van der Waals surface area contributed by atoms with Crippen molar-refractivity contribution in [3.05, 3.63) is 62.9 Å². The van der Waals surface area contributed by atoms with Gasteiger partial charge in [-0.2, -0.15) is 0 Å². The highest BCUT2D eigenvalue weighted by Crippen LogP contribution is 2.29. The predicted octanol–water partition coefficient (Wildman–Crippen LogP) is 4.04. The average molecular weight is 449 g/mol. The summed E-state index contributed by atoms with van der Waals surface area (Å²) in [7, 11) is 1.59. The molecule has 0 fully saturated rings. The number of carbonyl (C=O) groups is 1. The summed E-state index contributed by atoms with van der Waals surface area (Å²) >= 11 is 2.20. The first kappa shape index (κ1) is 17.5. The molecule has 1 aliphatic rings. The number of esters is 1. The lowest BCUT2D eigenvalue weighted by atomic mass is 10.1. The van der Waals surface area contributed by atoms with Crippen LogP contribution in [0.25, 0.3) is 6.08 Å². The SMILES string of the molecule is CCOc1cc(/C=C2\N=C(c3cccc(I)c3)OC2=O)ccc1OC. The molecule has 6 heteroatoms. The van der Waals surface area contributed by atoms with E-state index in [1.165, 1.54) is 0 Å². The van der Waals surface area contributed by atoms with E-state index in [1.807, 2.05) is 43.3 Å². The zero-order valence-corrected chi connectivity index (χ0v) is 15.9. The van der Waals surface area contributed by atoms with Crippen LogP contribution in [0.15, 0.2) is 53.2 Å². The molecule has 3 rings (SSSR count). The molecule has 0 atom stereocenters. The molecule has 0 N–H and O–H groups in total. The van der Waals surface area contributed by atoms with Crippen molar-refractivity contribution < 1.29 is 19.0 Å². The maximum Gasteiger partial charge on any atom is 0.363 e. The Kier molecular flexibility index (Phi) is 5.37. The molecule has 2 aromatic carbocycles. The quantitative estimate of drug-likeness (QED) is 0.393. The lowest BCUT2D eigenvalue weighted by Crippen LogP contribution is -2.05. The Hall–Kier alpha value is -2.35. The Balaban J connectivity index is 1.93. The summed E-state index contributed by atoms with van der Waals surface area (Å²) in [5, 5.41) is 0. The van der Waals surface area contributed by atoms with Crippen LogP contribution in [0.4, 0.5) is 0 Å². The van der Waals surface area contributed by atoms with E-state index < -0.39 is 5.97 Å². The number of ether oxygens (including phenoxy) is 3. The van der Waals surface area contributed by atoms with Crippen molar-refractivity contribution in [2.75, 3.05) is 13.7 Å². The molecule has 0 radical (unpaired) electrons. The monoisotopic (exact) mass is 449 g/mol. The van der Waals surface area contributed by atoms with Gasteiger partial charge in [-0.15, -0.1) is 0 Å². The maximum atomic E-state index is 12.1. The minimum absolute atomic E-state index is 0.251. The third kappa shape index (κ3) is 4.01. The van der Waals surface area contributed by atoms with Crippen LogP contribution in [-0.4, -0.2) is 25.6 Å². The highest BCUT2D eigenvalue weighted by molar-refractivity contribution is 14.1. The van der Waals surface area contributed by atoms with E-state index >= 15 is 0 Å². The fourth-order valence-electron chi connectivity index (χ4n) is 2.36. The number of benzene rings is 2. The van der Waals surface area contributed by atoms with E-state index in [0.717, 1.165) is 14.7 Å². The van der Waals surface area contributed by atoms with Gasteiger partial charge in [-0.1, -0.05) is 12.1 Å². The molecule has 1 aliphatic heterocycles. The Morgan fingerprint density at radius 2 is 2.04 bits per heavy atom. The number of aliphatic imine (C=N–C) groups is 1. The van der Waals surface area contributed by atoms with Crippen molar-refractivity contribution in [2.45, 2.75) is 6.92 Å². The molecule has 128 valence electrons. The smallest absolute Gasteiger partial charge is 0.363 e. The number of rotatable bonds is 5. The van der Waals surface area contributed by atoms with Gasteiger partial charge in [0.25, 0.3) is 0 Å². The second-order valence-corrected chi connectivity index (χ2v) is 6.44. The average Bonchev–Trinajstić information content (AvgIpc) is 2.96. The predicted molar refractivity (Wildman–Crippen MR) is 104 cm³/mol. The summed E-state index contributed by atoms with van der Waals surface area (Å²) in [6, 6.07) is 13.1. The molecular weight excluding hydrogens is 433 g/mol. The summed E-state index contributed by atoms with van der Waals surface area (Å²) in [5.41, 5.74) is 1.80. The Morgan fingerprint density at radius 3 is 2.76 bits per heavy atom. The van der Waals surface area contributed by atoms with Gasteiger partial charge in [0.15, 0.2) is 17.2 Å². The molecule has 0 aromatic heterocycles. The third-order valence-electron chi connectivity index (χ3n) is 3.48. The van der Waals surface area contributed by atoms with Gasteiger partial charge >= 0.3 is 5.97 Å². The second kappa shape index (κ2) is 7.69. The van der Waals surface area contributed by atoms with Crippen LogP contribution >= 0.6 is 22.6 Å². The zero-order chi connectivity index (χ0) is 17.8. The van der Waals surface area contributed by atoms with Gasteiger partial charge in [0.2, 0.25) is 5.90 Å². The standard InChI is InChI=1S/C19H16INO4/c1-3-24-17-10-12(7-8-16(17)23-2)9-15-19(22)25-18(21-15)13-5-4-6-14(20)11-13/h4-11H,3H2,1-2H3/b15-9-. The fraction of sp³-hybridized carbons (Fsp3) is 0.158. The Labute approximate surface area is 159 Å². The van der Waals surface area contributed by atoms with Crippen LogP contribution in [0.1, 0.15) is 18.1 Å². The fourth-order valence-corrected chi connectivity index (χ4v) is 2.91. The number of hydrogen-bond donors (Lipinski definition) is 0. The molecule has 2 aromatic rings. The normalized spacial score (nSPS) is 15.1. The first-order chi connectivity index (χ1) is 12.1. The van der Waals surface area contributed by atoms with Crippen molar-refractivity contribution in [2.24, 2.45) is 4.99 Å². The molecule has 0 saturated carbocycles. The van der Waals surface area contributed by atoms with Crippen LogP contribution in [0.2, 0.25) is 0 Å². The van der Waals surface area contributed by atoms with Crippen molar-refractivity contribution in [1.29, 1.82) is 0 Å². The van der Waals surface area contributed by atoms with E-state index in [0.29, 0.717) is 24.0 Å². The van der Waals surface area contributed by atoms with Gasteiger partial charge in [0.1, 0.15) is 0 Å². The summed E-state index contributed by atoms with van der Waals surface area (Å²) < 4.78 is 17.2. The first-order valence-corrected chi connectivity index (χ1v) is 8.78. The molecule has 25 heavy (non-hydrogen) atoms. The molecule has 5 nitrogen and oxygen atoms in total. The topological polar surface area (TPSA) is 57.1 Å². The van der Waals surface area contributed by atoms with E-state index in [9.17, 15) is 4.79 Å². The number of cyclic esters (lactones) is 1. The van der Waals surface area contributed by atoms with Gasteiger partial charge in [0, 0.05) is 9.13 Å². The molecular formula is C19H16INO4. The van der Waals surface area contributed by atoms with E-state index in [-0.39, 0.29) is 5.70 Å².